The van der Waals surface area contributed by atoms with Crippen LogP contribution in [0.2, 0.25) is 5.02 Å². The molecule has 0 radical (unpaired) electrons. The van der Waals surface area contributed by atoms with Crippen LogP contribution in [0.15, 0.2) is 65.1 Å². The maximum Gasteiger partial charge on any atom is 0.173 e. The SMILES string of the molecule is CN(Cc1ccc(-c2ccc(Cl)cc2)o1)C(=S)Nc1ccc(F)cc1. The van der Waals surface area contributed by atoms with Gasteiger partial charge in [0.25, 0.3) is 0 Å². The second-order valence-electron chi connectivity index (χ2n) is 5.57. The molecule has 1 heterocycles. The lowest BCUT2D eigenvalue weighted by Crippen LogP contribution is -2.30. The van der Waals surface area contributed by atoms with E-state index in [4.69, 9.17) is 28.2 Å². The Bertz CT molecular complexity index is 862. The van der Waals surface area contributed by atoms with Crippen LogP contribution in [0.4, 0.5) is 10.1 Å². The molecule has 0 spiro atoms. The third-order valence-electron chi connectivity index (χ3n) is 3.63. The van der Waals surface area contributed by atoms with Crippen LogP contribution in [0.1, 0.15) is 5.76 Å². The fourth-order valence-electron chi connectivity index (χ4n) is 2.29. The van der Waals surface area contributed by atoms with Gasteiger partial charge in [-0.25, -0.2) is 4.39 Å². The van der Waals surface area contributed by atoms with Gasteiger partial charge in [0.05, 0.1) is 6.54 Å². The molecule has 3 aromatic rings. The van der Waals surface area contributed by atoms with Gasteiger partial charge >= 0.3 is 0 Å². The summed E-state index contributed by atoms with van der Waals surface area (Å²) in [7, 11) is 1.86. The standard InChI is InChI=1S/C19H16ClFN2OS/c1-23(19(25)22-16-8-6-15(21)7-9-16)12-17-10-11-18(24-17)13-2-4-14(20)5-3-13/h2-11H,12H2,1H3,(H,22,25). The molecule has 0 saturated carbocycles. The van der Waals surface area contributed by atoms with E-state index in [0.717, 1.165) is 22.8 Å². The molecule has 0 atom stereocenters. The third kappa shape index (κ3) is 4.59. The number of thiocarbonyl (C=S) groups is 1. The molecular weight excluding hydrogens is 359 g/mol. The Morgan fingerprint density at radius 2 is 1.76 bits per heavy atom. The van der Waals surface area contributed by atoms with Crippen LogP contribution in [0.3, 0.4) is 0 Å². The summed E-state index contributed by atoms with van der Waals surface area (Å²) in [6, 6.07) is 17.4. The van der Waals surface area contributed by atoms with Crippen molar-refractivity contribution in [1.29, 1.82) is 0 Å². The van der Waals surface area contributed by atoms with Crippen LogP contribution in [0.5, 0.6) is 0 Å². The van der Waals surface area contributed by atoms with Crippen molar-refractivity contribution >= 4 is 34.6 Å². The summed E-state index contributed by atoms with van der Waals surface area (Å²) in [6.45, 7) is 0.515. The normalized spacial score (nSPS) is 10.5. The molecule has 6 heteroatoms. The molecule has 0 fully saturated rings. The Labute approximate surface area is 156 Å². The van der Waals surface area contributed by atoms with Crippen LogP contribution in [-0.2, 0) is 6.54 Å². The fraction of sp³-hybridized carbons (Fsp3) is 0.105. The Hall–Kier alpha value is -2.37. The topological polar surface area (TPSA) is 28.4 Å². The van der Waals surface area contributed by atoms with E-state index in [-0.39, 0.29) is 5.82 Å². The maximum atomic E-state index is 12.9. The third-order valence-corrected chi connectivity index (χ3v) is 4.29. The van der Waals surface area contributed by atoms with E-state index in [2.05, 4.69) is 5.32 Å². The molecule has 3 nitrogen and oxygen atoms in total. The minimum absolute atomic E-state index is 0.282. The number of benzene rings is 2. The predicted molar refractivity (Wildman–Crippen MR) is 103 cm³/mol. The summed E-state index contributed by atoms with van der Waals surface area (Å²) >= 11 is 11.3. The molecule has 0 unspecified atom stereocenters. The van der Waals surface area contributed by atoms with Crippen LogP contribution < -0.4 is 5.32 Å². The first-order chi connectivity index (χ1) is 12.0. The van der Waals surface area contributed by atoms with Crippen molar-refractivity contribution in [2.45, 2.75) is 6.54 Å². The molecule has 25 heavy (non-hydrogen) atoms. The predicted octanol–water partition coefficient (Wildman–Crippen LogP) is 5.57. The molecule has 1 N–H and O–H groups in total. The molecule has 3 rings (SSSR count). The van der Waals surface area contributed by atoms with Crippen molar-refractivity contribution in [3.05, 3.63) is 77.3 Å². The zero-order valence-corrected chi connectivity index (χ0v) is 15.1. The number of halogens is 2. The molecule has 0 amide bonds. The number of nitrogens with zero attached hydrogens (tertiary/aromatic N) is 1. The Morgan fingerprint density at radius 1 is 1.08 bits per heavy atom. The highest BCUT2D eigenvalue weighted by atomic mass is 35.5. The lowest BCUT2D eigenvalue weighted by atomic mass is 10.2. The van der Waals surface area contributed by atoms with Gasteiger partial charge < -0.3 is 14.6 Å². The molecule has 2 aromatic carbocycles. The van der Waals surface area contributed by atoms with E-state index in [0.29, 0.717) is 16.7 Å². The Kier molecular flexibility index (Phi) is 5.36. The van der Waals surface area contributed by atoms with Crippen molar-refractivity contribution in [3.63, 3.8) is 0 Å². The number of furan rings is 1. The van der Waals surface area contributed by atoms with Gasteiger partial charge in [-0.3, -0.25) is 0 Å². The number of nitrogens with one attached hydrogen (secondary N) is 1. The monoisotopic (exact) mass is 374 g/mol. The summed E-state index contributed by atoms with van der Waals surface area (Å²) in [5.41, 5.74) is 1.70. The van der Waals surface area contributed by atoms with Gasteiger partial charge in [0.2, 0.25) is 0 Å². The number of rotatable bonds is 4. The zero-order chi connectivity index (χ0) is 17.8. The molecule has 0 bridgehead atoms. The van der Waals surface area contributed by atoms with Crippen LogP contribution >= 0.6 is 23.8 Å². The van der Waals surface area contributed by atoms with Crippen LogP contribution in [0, 0.1) is 5.82 Å². The summed E-state index contributed by atoms with van der Waals surface area (Å²) in [4.78, 5) is 1.85. The summed E-state index contributed by atoms with van der Waals surface area (Å²) in [6.07, 6.45) is 0. The number of anilines is 1. The summed E-state index contributed by atoms with van der Waals surface area (Å²) in [5, 5.41) is 4.28. The minimum atomic E-state index is -0.282. The lowest BCUT2D eigenvalue weighted by Gasteiger charge is -2.20. The molecular formula is C19H16ClFN2OS. The Morgan fingerprint density at radius 3 is 2.44 bits per heavy atom. The van der Waals surface area contributed by atoms with E-state index in [1.807, 2.05) is 48.3 Å². The van der Waals surface area contributed by atoms with Gasteiger partial charge in [-0.2, -0.15) is 0 Å². The van der Waals surface area contributed by atoms with Crippen LogP contribution in [-0.4, -0.2) is 17.1 Å². The van der Waals surface area contributed by atoms with Crippen molar-refractivity contribution in [3.8, 4) is 11.3 Å². The van der Waals surface area contributed by atoms with Crippen molar-refractivity contribution in [1.82, 2.24) is 4.90 Å². The van der Waals surface area contributed by atoms with Crippen LogP contribution in [0.25, 0.3) is 11.3 Å². The number of hydrogen-bond acceptors (Lipinski definition) is 2. The van der Waals surface area contributed by atoms with Gasteiger partial charge in [0.15, 0.2) is 5.11 Å². The van der Waals surface area contributed by atoms with Gasteiger partial charge in [0.1, 0.15) is 17.3 Å². The van der Waals surface area contributed by atoms with Gasteiger partial charge in [-0.15, -0.1) is 0 Å². The first-order valence-electron chi connectivity index (χ1n) is 7.63. The van der Waals surface area contributed by atoms with Gasteiger partial charge in [0, 0.05) is 23.3 Å². The first-order valence-corrected chi connectivity index (χ1v) is 8.42. The highest BCUT2D eigenvalue weighted by molar-refractivity contribution is 7.80. The molecule has 128 valence electrons. The average Bonchev–Trinajstić information content (AvgIpc) is 3.06. The minimum Gasteiger partial charge on any atom is -0.459 e. The molecule has 0 saturated heterocycles. The molecule has 0 aliphatic rings. The van der Waals surface area contributed by atoms with Crippen molar-refractivity contribution in [2.75, 3.05) is 12.4 Å². The van der Waals surface area contributed by atoms with E-state index in [9.17, 15) is 4.39 Å². The second-order valence-corrected chi connectivity index (χ2v) is 6.39. The van der Waals surface area contributed by atoms with E-state index >= 15 is 0 Å². The molecule has 0 aliphatic carbocycles. The van der Waals surface area contributed by atoms with E-state index in [1.54, 1.807) is 12.1 Å². The highest BCUT2D eigenvalue weighted by Crippen LogP contribution is 2.24. The first kappa shape index (κ1) is 17.5. The van der Waals surface area contributed by atoms with Crippen molar-refractivity contribution < 1.29 is 8.81 Å². The average molecular weight is 375 g/mol. The van der Waals surface area contributed by atoms with Crippen molar-refractivity contribution in [2.24, 2.45) is 0 Å². The maximum absolute atomic E-state index is 12.9. The summed E-state index contributed by atoms with van der Waals surface area (Å²) in [5.74, 6) is 1.28. The summed E-state index contributed by atoms with van der Waals surface area (Å²) < 4.78 is 18.8. The smallest absolute Gasteiger partial charge is 0.173 e. The Balaban J connectivity index is 1.62. The zero-order valence-electron chi connectivity index (χ0n) is 13.5. The van der Waals surface area contributed by atoms with E-state index < -0.39 is 0 Å². The molecule has 0 aliphatic heterocycles. The molecule has 1 aromatic heterocycles. The second kappa shape index (κ2) is 7.68. The lowest BCUT2D eigenvalue weighted by molar-refractivity contribution is 0.420. The highest BCUT2D eigenvalue weighted by Gasteiger charge is 2.10. The fourth-order valence-corrected chi connectivity index (χ4v) is 2.60. The van der Waals surface area contributed by atoms with Gasteiger partial charge in [-0.05, 0) is 72.9 Å². The quantitative estimate of drug-likeness (QED) is 0.604. The van der Waals surface area contributed by atoms with E-state index in [1.165, 1.54) is 12.1 Å². The van der Waals surface area contributed by atoms with Gasteiger partial charge in [-0.1, -0.05) is 11.6 Å². The largest absolute Gasteiger partial charge is 0.459 e. The number of hydrogen-bond donors (Lipinski definition) is 1.